The third-order valence-corrected chi connectivity index (χ3v) is 1.86. The third kappa shape index (κ3) is 1.16. The number of hydrogen-bond donors (Lipinski definition) is 1. The molecule has 12 heavy (non-hydrogen) atoms. The number of aromatic hydroxyl groups is 1. The van der Waals surface area contributed by atoms with Crippen LogP contribution in [0.5, 0.6) is 11.5 Å². The summed E-state index contributed by atoms with van der Waals surface area (Å²) >= 11 is 0. The fraction of sp³-hybridized carbons (Fsp3) is 0.200. The smallest absolute Gasteiger partial charge is 0.131 e. The molecule has 0 aromatic heterocycles. The number of hydrogen-bond acceptors (Lipinski definition) is 2. The minimum absolute atomic E-state index is 0.0966. The summed E-state index contributed by atoms with van der Waals surface area (Å²) in [5, 5.41) is 9.17. The van der Waals surface area contributed by atoms with Gasteiger partial charge in [0.25, 0.3) is 0 Å². The largest absolute Gasteiger partial charge is 0.508 e. The van der Waals surface area contributed by atoms with E-state index >= 15 is 0 Å². The topological polar surface area (TPSA) is 29.5 Å². The summed E-state index contributed by atoms with van der Waals surface area (Å²) in [7, 11) is 0. The Balaban J connectivity index is 2.47. The molecule has 1 aromatic rings. The van der Waals surface area contributed by atoms with Gasteiger partial charge < -0.3 is 9.84 Å². The zero-order valence-electron chi connectivity index (χ0n) is 6.82. The summed E-state index contributed by atoms with van der Waals surface area (Å²) in [5.41, 5.74) is 1.02. The molecule has 0 radical (unpaired) electrons. The first-order valence-electron chi connectivity index (χ1n) is 3.93. The summed E-state index contributed by atoms with van der Waals surface area (Å²) in [5.74, 6) is 1.00. The Morgan fingerprint density at radius 2 is 2.25 bits per heavy atom. The van der Waals surface area contributed by atoms with Gasteiger partial charge in [-0.25, -0.2) is 0 Å². The van der Waals surface area contributed by atoms with Crippen LogP contribution in [0.25, 0.3) is 6.08 Å². The summed E-state index contributed by atoms with van der Waals surface area (Å²) < 4.78 is 5.47. The molecule has 0 amide bonds. The van der Waals surface area contributed by atoms with Crippen LogP contribution < -0.4 is 4.74 Å². The van der Waals surface area contributed by atoms with Crippen molar-refractivity contribution in [3.8, 4) is 11.5 Å². The van der Waals surface area contributed by atoms with Crippen LogP contribution in [0, 0.1) is 0 Å². The van der Waals surface area contributed by atoms with E-state index in [0.29, 0.717) is 0 Å². The maximum absolute atomic E-state index is 9.17. The van der Waals surface area contributed by atoms with E-state index < -0.39 is 0 Å². The van der Waals surface area contributed by atoms with Crippen LogP contribution in [0.1, 0.15) is 12.5 Å². The molecule has 0 aliphatic carbocycles. The van der Waals surface area contributed by atoms with Gasteiger partial charge in [0.1, 0.15) is 17.6 Å². The minimum Gasteiger partial charge on any atom is -0.508 e. The second-order valence-corrected chi connectivity index (χ2v) is 2.90. The van der Waals surface area contributed by atoms with E-state index in [1.165, 1.54) is 0 Å². The molecule has 2 heteroatoms. The Bertz CT molecular complexity index is 329. The van der Waals surface area contributed by atoms with Gasteiger partial charge in [-0.15, -0.1) is 0 Å². The average molecular weight is 162 g/mol. The predicted octanol–water partition coefficient (Wildman–Crippen LogP) is 2.19. The molecule has 2 rings (SSSR count). The Hall–Kier alpha value is -1.44. The summed E-state index contributed by atoms with van der Waals surface area (Å²) in [4.78, 5) is 0. The van der Waals surface area contributed by atoms with Gasteiger partial charge in [-0.3, -0.25) is 0 Å². The molecule has 62 valence electrons. The number of fused-ring (bicyclic) bond motifs is 1. The molecule has 0 fully saturated rings. The lowest BCUT2D eigenvalue weighted by Crippen LogP contribution is -2.11. The molecule has 1 N–H and O–H groups in total. The molecular weight excluding hydrogens is 152 g/mol. The zero-order chi connectivity index (χ0) is 8.55. The Morgan fingerprint density at radius 3 is 3.08 bits per heavy atom. The highest BCUT2D eigenvalue weighted by Crippen LogP contribution is 2.29. The monoisotopic (exact) mass is 162 g/mol. The summed E-state index contributed by atoms with van der Waals surface area (Å²) in [6.45, 7) is 1.96. The van der Waals surface area contributed by atoms with Crippen molar-refractivity contribution in [1.29, 1.82) is 0 Å². The van der Waals surface area contributed by atoms with Crippen LogP contribution in [-0.4, -0.2) is 11.2 Å². The molecule has 0 saturated heterocycles. The van der Waals surface area contributed by atoms with Crippen LogP contribution >= 0.6 is 0 Å². The Morgan fingerprint density at radius 1 is 1.42 bits per heavy atom. The molecule has 1 heterocycles. The molecule has 0 bridgehead atoms. The standard InChI is InChI=1S/C10H10O2/c1-7-2-3-8-4-5-9(11)6-10(8)12-7/h2-7,11H,1H3/t7-/m1/s1. The van der Waals surface area contributed by atoms with Crippen molar-refractivity contribution in [2.75, 3.05) is 0 Å². The van der Waals surface area contributed by atoms with Crippen molar-refractivity contribution in [1.82, 2.24) is 0 Å². The van der Waals surface area contributed by atoms with Crippen molar-refractivity contribution < 1.29 is 9.84 Å². The molecule has 0 saturated carbocycles. The lowest BCUT2D eigenvalue weighted by molar-refractivity contribution is 0.265. The number of benzene rings is 1. The average Bonchev–Trinajstić information content (AvgIpc) is 2.03. The molecular formula is C10H10O2. The van der Waals surface area contributed by atoms with E-state index in [1.54, 1.807) is 12.1 Å². The third-order valence-electron chi connectivity index (χ3n) is 1.86. The molecule has 1 aliphatic rings. The lowest BCUT2D eigenvalue weighted by atomic mass is 10.1. The zero-order valence-corrected chi connectivity index (χ0v) is 6.82. The fourth-order valence-electron chi connectivity index (χ4n) is 1.24. The first-order valence-corrected chi connectivity index (χ1v) is 3.93. The molecule has 1 aliphatic heterocycles. The van der Waals surface area contributed by atoms with E-state index in [2.05, 4.69) is 0 Å². The van der Waals surface area contributed by atoms with E-state index in [9.17, 15) is 5.11 Å². The van der Waals surface area contributed by atoms with Gasteiger partial charge in [-0.05, 0) is 25.1 Å². The maximum Gasteiger partial charge on any atom is 0.131 e. The molecule has 0 unspecified atom stereocenters. The van der Waals surface area contributed by atoms with E-state index in [1.807, 2.05) is 25.1 Å². The maximum atomic E-state index is 9.17. The predicted molar refractivity (Wildman–Crippen MR) is 47.2 cm³/mol. The van der Waals surface area contributed by atoms with Gasteiger partial charge >= 0.3 is 0 Å². The lowest BCUT2D eigenvalue weighted by Gasteiger charge is -2.17. The highest BCUT2D eigenvalue weighted by Gasteiger charge is 2.10. The van der Waals surface area contributed by atoms with Crippen LogP contribution in [0.4, 0.5) is 0 Å². The second-order valence-electron chi connectivity index (χ2n) is 2.90. The molecule has 2 nitrogen and oxygen atoms in total. The van der Waals surface area contributed by atoms with Crippen LogP contribution in [0.15, 0.2) is 24.3 Å². The fourth-order valence-corrected chi connectivity index (χ4v) is 1.24. The van der Waals surface area contributed by atoms with Crippen molar-refractivity contribution in [2.24, 2.45) is 0 Å². The van der Waals surface area contributed by atoms with Crippen LogP contribution in [0.3, 0.4) is 0 Å². The van der Waals surface area contributed by atoms with Crippen molar-refractivity contribution >= 4 is 6.08 Å². The number of ether oxygens (including phenoxy) is 1. The molecule has 1 atom stereocenters. The number of phenols is 1. The molecule has 0 spiro atoms. The van der Waals surface area contributed by atoms with Crippen molar-refractivity contribution in [3.63, 3.8) is 0 Å². The first-order chi connectivity index (χ1) is 5.75. The normalized spacial score (nSPS) is 19.9. The van der Waals surface area contributed by atoms with Gasteiger partial charge in [-0.1, -0.05) is 6.08 Å². The van der Waals surface area contributed by atoms with E-state index in [0.717, 1.165) is 11.3 Å². The highest BCUT2D eigenvalue weighted by atomic mass is 16.5. The van der Waals surface area contributed by atoms with Gasteiger partial charge in [0.05, 0.1) is 0 Å². The van der Waals surface area contributed by atoms with E-state index in [-0.39, 0.29) is 11.9 Å². The van der Waals surface area contributed by atoms with Crippen LogP contribution in [0.2, 0.25) is 0 Å². The van der Waals surface area contributed by atoms with Gasteiger partial charge in [0.15, 0.2) is 0 Å². The van der Waals surface area contributed by atoms with Gasteiger partial charge in [0, 0.05) is 11.6 Å². The van der Waals surface area contributed by atoms with Gasteiger partial charge in [-0.2, -0.15) is 0 Å². The minimum atomic E-state index is 0.0966. The SMILES string of the molecule is C[C@@H]1C=Cc2ccc(O)cc2O1. The first kappa shape index (κ1) is 7.22. The van der Waals surface area contributed by atoms with Gasteiger partial charge in [0.2, 0.25) is 0 Å². The quantitative estimate of drug-likeness (QED) is 0.633. The van der Waals surface area contributed by atoms with Crippen LogP contribution in [-0.2, 0) is 0 Å². The second kappa shape index (κ2) is 2.55. The Kier molecular flexibility index (Phi) is 1.54. The van der Waals surface area contributed by atoms with Crippen molar-refractivity contribution in [3.05, 3.63) is 29.8 Å². The van der Waals surface area contributed by atoms with E-state index in [4.69, 9.17) is 4.74 Å². The van der Waals surface area contributed by atoms with Crippen molar-refractivity contribution in [2.45, 2.75) is 13.0 Å². The Labute approximate surface area is 71.1 Å². The number of rotatable bonds is 0. The highest BCUT2D eigenvalue weighted by molar-refractivity contribution is 5.61. The number of phenolic OH excluding ortho intramolecular Hbond substituents is 1. The summed E-state index contributed by atoms with van der Waals surface area (Å²) in [6.07, 6.45) is 4.08. The molecule has 1 aromatic carbocycles. The summed E-state index contributed by atoms with van der Waals surface area (Å²) in [6, 6.07) is 5.13.